The van der Waals surface area contributed by atoms with Gasteiger partial charge in [0.25, 0.3) is 0 Å². The van der Waals surface area contributed by atoms with Gasteiger partial charge in [0.15, 0.2) is 0 Å². The summed E-state index contributed by atoms with van der Waals surface area (Å²) < 4.78 is 0. The second kappa shape index (κ2) is 7.71. The van der Waals surface area contributed by atoms with Gasteiger partial charge in [0.1, 0.15) is 5.75 Å². The maximum atomic E-state index is 9.55. The van der Waals surface area contributed by atoms with Crippen LogP contribution in [0.5, 0.6) is 5.75 Å². The van der Waals surface area contributed by atoms with E-state index in [1.807, 2.05) is 18.2 Å². The number of aromatic nitrogens is 1. The average Bonchev–Trinajstić information content (AvgIpc) is 2.50. The van der Waals surface area contributed by atoms with Crippen molar-refractivity contribution in [2.24, 2.45) is 10.2 Å². The summed E-state index contributed by atoms with van der Waals surface area (Å²) >= 11 is 4.99. The molecule has 0 unspecified atom stereocenters. The molecule has 0 fully saturated rings. The molecule has 0 atom stereocenters. The van der Waals surface area contributed by atoms with Crippen LogP contribution in [0.3, 0.4) is 0 Å². The summed E-state index contributed by atoms with van der Waals surface area (Å²) in [6.07, 6.45) is 4.68. The molecule has 0 bridgehead atoms. The van der Waals surface area contributed by atoms with Gasteiger partial charge in [0, 0.05) is 11.8 Å². The predicted molar refractivity (Wildman–Crippen MR) is 86.4 cm³/mol. The topological polar surface area (TPSA) is 81.9 Å². The highest BCUT2D eigenvalue weighted by Crippen LogP contribution is 2.12. The molecule has 3 N–H and O–H groups in total. The molecule has 6 nitrogen and oxygen atoms in total. The van der Waals surface area contributed by atoms with E-state index in [2.05, 4.69) is 26.0 Å². The second-order valence-corrected chi connectivity index (χ2v) is 4.29. The monoisotopic (exact) mass is 299 g/mol. The lowest BCUT2D eigenvalue weighted by Gasteiger charge is -2.01. The number of aromatic hydroxyl groups is 1. The first-order chi connectivity index (χ1) is 10.3. The second-order valence-electron chi connectivity index (χ2n) is 3.88. The number of phenolic OH excluding ortho intramolecular Hbond substituents is 1. The van der Waals surface area contributed by atoms with Crippen LogP contribution in [0.15, 0.2) is 58.9 Å². The molecule has 0 amide bonds. The first-order valence-electron chi connectivity index (χ1n) is 6.07. The van der Waals surface area contributed by atoms with Crippen LogP contribution in [-0.2, 0) is 0 Å². The van der Waals surface area contributed by atoms with Crippen LogP contribution in [0, 0.1) is 0 Å². The normalized spacial score (nSPS) is 10.9. The van der Waals surface area contributed by atoms with Crippen molar-refractivity contribution in [1.82, 2.24) is 15.8 Å². The number of hydrazone groups is 2. The number of nitrogens with one attached hydrogen (secondary N) is 2. The van der Waals surface area contributed by atoms with Gasteiger partial charge in [0.2, 0.25) is 5.11 Å². The molecule has 1 aromatic carbocycles. The maximum absolute atomic E-state index is 9.55. The lowest BCUT2D eigenvalue weighted by molar-refractivity contribution is 0.474. The van der Waals surface area contributed by atoms with Crippen LogP contribution < -0.4 is 10.9 Å². The summed E-state index contributed by atoms with van der Waals surface area (Å²) in [4.78, 5) is 4.08. The Labute approximate surface area is 127 Å². The smallest absolute Gasteiger partial charge is 0.207 e. The van der Waals surface area contributed by atoms with Crippen molar-refractivity contribution in [1.29, 1.82) is 0 Å². The highest BCUT2D eigenvalue weighted by Gasteiger charge is 1.95. The fraction of sp³-hybridized carbons (Fsp3) is 0. The molecule has 2 rings (SSSR count). The number of thiocarbonyl (C=S) groups is 1. The Morgan fingerprint density at radius 2 is 1.76 bits per heavy atom. The Hall–Kier alpha value is -2.80. The molecule has 0 aliphatic rings. The van der Waals surface area contributed by atoms with E-state index in [-0.39, 0.29) is 10.9 Å². The summed E-state index contributed by atoms with van der Waals surface area (Å²) in [5.74, 6) is 0.148. The first kappa shape index (κ1) is 14.6. The number of nitrogens with zero attached hydrogens (tertiary/aromatic N) is 3. The minimum absolute atomic E-state index is 0.148. The van der Waals surface area contributed by atoms with Gasteiger partial charge >= 0.3 is 0 Å². The summed E-state index contributed by atoms with van der Waals surface area (Å²) in [5, 5.41) is 17.6. The molecule has 21 heavy (non-hydrogen) atoms. The fourth-order valence-electron chi connectivity index (χ4n) is 1.39. The van der Waals surface area contributed by atoms with Crippen LogP contribution in [0.25, 0.3) is 0 Å². The molecule has 0 saturated heterocycles. The Bertz CT molecular complexity index is 657. The number of hydrogen-bond donors (Lipinski definition) is 3. The highest BCUT2D eigenvalue weighted by atomic mass is 32.1. The van der Waals surface area contributed by atoms with Gasteiger partial charge in [-0.25, -0.2) is 0 Å². The lowest BCUT2D eigenvalue weighted by Crippen LogP contribution is -2.28. The van der Waals surface area contributed by atoms with Crippen molar-refractivity contribution in [2.75, 3.05) is 0 Å². The zero-order valence-electron chi connectivity index (χ0n) is 11.0. The van der Waals surface area contributed by atoms with Crippen LogP contribution in [0.1, 0.15) is 11.3 Å². The van der Waals surface area contributed by atoms with Crippen molar-refractivity contribution in [3.05, 3.63) is 59.9 Å². The van der Waals surface area contributed by atoms with Gasteiger partial charge in [-0.05, 0) is 36.5 Å². The van der Waals surface area contributed by atoms with Crippen molar-refractivity contribution in [3.63, 3.8) is 0 Å². The lowest BCUT2D eigenvalue weighted by atomic mass is 10.2. The molecule has 1 aromatic heterocycles. The quantitative estimate of drug-likeness (QED) is 0.454. The summed E-state index contributed by atoms with van der Waals surface area (Å²) in [7, 11) is 0. The van der Waals surface area contributed by atoms with E-state index in [4.69, 9.17) is 12.2 Å². The largest absolute Gasteiger partial charge is 0.507 e. The van der Waals surface area contributed by atoms with E-state index in [1.165, 1.54) is 6.21 Å². The van der Waals surface area contributed by atoms with Gasteiger partial charge < -0.3 is 5.11 Å². The molecule has 2 aromatic rings. The Balaban J connectivity index is 1.80. The predicted octanol–water partition coefficient (Wildman–Crippen LogP) is 1.62. The van der Waals surface area contributed by atoms with Crippen molar-refractivity contribution in [2.45, 2.75) is 0 Å². The molecule has 106 valence electrons. The van der Waals surface area contributed by atoms with Gasteiger partial charge in [-0.3, -0.25) is 15.8 Å². The number of rotatable bonds is 4. The molecule has 0 aliphatic heterocycles. The van der Waals surface area contributed by atoms with Gasteiger partial charge in [-0.2, -0.15) is 10.2 Å². The molecule has 0 spiro atoms. The molecular formula is C14H13N5OS. The maximum Gasteiger partial charge on any atom is 0.207 e. The molecule has 0 radical (unpaired) electrons. The SMILES string of the molecule is Oc1ccccc1/C=N/NC(=S)NN=Cc1ccccn1. The number of phenols is 1. The van der Waals surface area contributed by atoms with E-state index in [0.717, 1.165) is 0 Å². The summed E-state index contributed by atoms with van der Waals surface area (Å²) in [5.41, 5.74) is 6.50. The number of hydrogen-bond acceptors (Lipinski definition) is 5. The van der Waals surface area contributed by atoms with Crippen LogP contribution in [0.2, 0.25) is 0 Å². The van der Waals surface area contributed by atoms with Crippen LogP contribution >= 0.6 is 12.2 Å². The van der Waals surface area contributed by atoms with Gasteiger partial charge in [0.05, 0.1) is 18.1 Å². The van der Waals surface area contributed by atoms with Gasteiger partial charge in [-0.15, -0.1) is 0 Å². The van der Waals surface area contributed by atoms with E-state index in [9.17, 15) is 5.11 Å². The van der Waals surface area contributed by atoms with E-state index in [1.54, 1.807) is 36.7 Å². The van der Waals surface area contributed by atoms with Crippen molar-refractivity contribution >= 4 is 29.8 Å². The van der Waals surface area contributed by atoms with Gasteiger partial charge in [-0.1, -0.05) is 18.2 Å². The summed E-state index contributed by atoms with van der Waals surface area (Å²) in [6.45, 7) is 0. The minimum atomic E-state index is 0.148. The fourth-order valence-corrected chi connectivity index (χ4v) is 1.50. The molecule has 0 saturated carbocycles. The third kappa shape index (κ3) is 5.00. The van der Waals surface area contributed by atoms with Crippen LogP contribution in [0.4, 0.5) is 0 Å². The number of para-hydroxylation sites is 1. The highest BCUT2D eigenvalue weighted by molar-refractivity contribution is 7.80. The zero-order valence-corrected chi connectivity index (χ0v) is 11.8. The molecule has 1 heterocycles. The zero-order chi connectivity index (χ0) is 14.9. The number of benzene rings is 1. The third-order valence-corrected chi connectivity index (χ3v) is 2.54. The van der Waals surface area contributed by atoms with E-state index in [0.29, 0.717) is 11.3 Å². The number of pyridine rings is 1. The molecule has 7 heteroatoms. The Morgan fingerprint density at radius 3 is 2.48 bits per heavy atom. The van der Waals surface area contributed by atoms with Crippen molar-refractivity contribution in [3.8, 4) is 5.75 Å². The van der Waals surface area contributed by atoms with E-state index >= 15 is 0 Å². The summed E-state index contributed by atoms with van der Waals surface area (Å²) in [6, 6.07) is 12.4. The first-order valence-corrected chi connectivity index (χ1v) is 6.47. The Kier molecular flexibility index (Phi) is 5.36. The molecule has 0 aliphatic carbocycles. The van der Waals surface area contributed by atoms with E-state index < -0.39 is 0 Å². The van der Waals surface area contributed by atoms with Crippen LogP contribution in [-0.4, -0.2) is 27.6 Å². The average molecular weight is 299 g/mol. The third-order valence-electron chi connectivity index (χ3n) is 2.36. The Morgan fingerprint density at radius 1 is 1.05 bits per heavy atom. The standard InChI is InChI=1S/C14H13N5OS/c20-13-7-2-1-5-11(13)9-16-18-14(21)19-17-10-12-6-3-4-8-15-12/h1-10,20H,(H2,18,19,21)/b16-9+,17-10?. The molecular weight excluding hydrogens is 286 g/mol. The minimum Gasteiger partial charge on any atom is -0.507 e. The van der Waals surface area contributed by atoms with Crippen molar-refractivity contribution < 1.29 is 5.11 Å².